The van der Waals surface area contributed by atoms with Crippen LogP contribution in [-0.2, 0) is 6.54 Å². The van der Waals surface area contributed by atoms with Gasteiger partial charge in [-0.25, -0.2) is 13.8 Å². The normalized spacial score (nSPS) is 14.0. The zero-order valence-electron chi connectivity index (χ0n) is 12.2. The van der Waals surface area contributed by atoms with Crippen LogP contribution < -0.4 is 0 Å². The van der Waals surface area contributed by atoms with Gasteiger partial charge in [0.2, 0.25) is 0 Å². The lowest BCUT2D eigenvalue weighted by Crippen LogP contribution is -2.33. The van der Waals surface area contributed by atoms with Gasteiger partial charge in [0, 0.05) is 29.9 Å². The summed E-state index contributed by atoms with van der Waals surface area (Å²) in [5.74, 6) is -1.46. The quantitative estimate of drug-likeness (QED) is 0.866. The largest absolute Gasteiger partial charge is 0.330 e. The fourth-order valence-electron chi connectivity index (χ4n) is 2.40. The summed E-state index contributed by atoms with van der Waals surface area (Å²) >= 11 is 0. The van der Waals surface area contributed by atoms with Crippen molar-refractivity contribution in [3.05, 3.63) is 65.0 Å². The van der Waals surface area contributed by atoms with Crippen LogP contribution in [0.3, 0.4) is 0 Å². The van der Waals surface area contributed by atoms with Crippen LogP contribution in [0.25, 0.3) is 0 Å². The molecule has 3 nitrogen and oxygen atoms in total. The van der Waals surface area contributed by atoms with Gasteiger partial charge in [0.25, 0.3) is 5.91 Å². The fraction of sp³-hybridized carbons (Fsp3) is 0.294. The molecule has 0 aliphatic heterocycles. The van der Waals surface area contributed by atoms with Gasteiger partial charge in [-0.1, -0.05) is 12.1 Å². The highest BCUT2D eigenvalue weighted by Crippen LogP contribution is 2.30. The number of hydrogen-bond acceptors (Lipinski definition) is 2. The molecule has 3 rings (SSSR count). The van der Waals surface area contributed by atoms with Crippen LogP contribution in [-0.4, -0.2) is 21.8 Å². The van der Waals surface area contributed by atoms with Gasteiger partial charge in [-0.2, -0.15) is 0 Å². The number of aromatic nitrogens is 1. The number of rotatable bonds is 4. The van der Waals surface area contributed by atoms with Crippen LogP contribution >= 0.6 is 0 Å². The molecule has 0 radical (unpaired) electrons. The molecule has 0 bridgehead atoms. The van der Waals surface area contributed by atoms with Gasteiger partial charge in [0.1, 0.15) is 17.3 Å². The summed E-state index contributed by atoms with van der Waals surface area (Å²) in [7, 11) is 0. The van der Waals surface area contributed by atoms with Gasteiger partial charge in [-0.15, -0.1) is 0 Å². The predicted octanol–water partition coefficient (Wildman–Crippen LogP) is 3.47. The Morgan fingerprint density at radius 2 is 2.05 bits per heavy atom. The average molecular weight is 302 g/mol. The maximum atomic E-state index is 13.8. The second-order valence-electron chi connectivity index (χ2n) is 5.56. The van der Waals surface area contributed by atoms with Crippen molar-refractivity contribution in [2.45, 2.75) is 32.4 Å². The highest BCUT2D eigenvalue weighted by molar-refractivity contribution is 5.92. The number of halogens is 2. The molecule has 2 aromatic rings. The van der Waals surface area contributed by atoms with E-state index < -0.39 is 11.6 Å². The number of carbonyl (C=O) groups excluding carboxylic acids is 1. The molecule has 5 heteroatoms. The summed E-state index contributed by atoms with van der Waals surface area (Å²) in [5, 5.41) is 0. The minimum Gasteiger partial charge on any atom is -0.330 e. The Bertz CT molecular complexity index is 714. The standard InChI is InChI=1S/C17H16F2N2O/c1-11-3-2-4-16(20-11)17(22)21(14-7-8-14)10-12-5-6-13(18)9-15(12)19/h2-6,9,14H,7-8,10H2,1H3. The molecule has 0 saturated heterocycles. The van der Waals surface area contributed by atoms with E-state index in [-0.39, 0.29) is 18.5 Å². The molecule has 1 aliphatic carbocycles. The minimum atomic E-state index is -0.629. The van der Waals surface area contributed by atoms with E-state index in [0.717, 1.165) is 24.6 Å². The highest BCUT2D eigenvalue weighted by atomic mass is 19.1. The molecule has 1 saturated carbocycles. The third-order valence-electron chi connectivity index (χ3n) is 3.71. The molecule has 1 aromatic carbocycles. The third-order valence-corrected chi connectivity index (χ3v) is 3.71. The first-order valence-corrected chi connectivity index (χ1v) is 7.23. The molecule has 0 spiro atoms. The smallest absolute Gasteiger partial charge is 0.273 e. The Labute approximate surface area is 127 Å². The Hall–Kier alpha value is -2.30. The summed E-state index contributed by atoms with van der Waals surface area (Å²) in [5.41, 5.74) is 1.43. The SMILES string of the molecule is Cc1cccc(C(=O)N(Cc2ccc(F)cc2F)C2CC2)n1. The summed E-state index contributed by atoms with van der Waals surface area (Å²) in [6.45, 7) is 1.95. The summed E-state index contributed by atoms with van der Waals surface area (Å²) in [4.78, 5) is 18.5. The van der Waals surface area contributed by atoms with E-state index >= 15 is 0 Å². The second-order valence-corrected chi connectivity index (χ2v) is 5.56. The molecular weight excluding hydrogens is 286 g/mol. The van der Waals surface area contributed by atoms with Crippen molar-refractivity contribution in [2.24, 2.45) is 0 Å². The molecule has 1 aromatic heterocycles. The topological polar surface area (TPSA) is 33.2 Å². The molecule has 114 valence electrons. The van der Waals surface area contributed by atoms with Crippen molar-refractivity contribution in [1.29, 1.82) is 0 Å². The average Bonchev–Trinajstić information content (AvgIpc) is 3.30. The van der Waals surface area contributed by atoms with Crippen LogP contribution in [0.1, 0.15) is 34.6 Å². The maximum Gasteiger partial charge on any atom is 0.273 e. The van der Waals surface area contributed by atoms with E-state index in [4.69, 9.17) is 0 Å². The van der Waals surface area contributed by atoms with Crippen molar-refractivity contribution in [3.8, 4) is 0 Å². The highest BCUT2D eigenvalue weighted by Gasteiger charge is 2.34. The lowest BCUT2D eigenvalue weighted by Gasteiger charge is -2.22. The number of amides is 1. The van der Waals surface area contributed by atoms with Gasteiger partial charge >= 0.3 is 0 Å². The van der Waals surface area contributed by atoms with E-state index in [0.29, 0.717) is 11.3 Å². The number of hydrogen-bond donors (Lipinski definition) is 0. The van der Waals surface area contributed by atoms with E-state index in [2.05, 4.69) is 4.98 Å². The van der Waals surface area contributed by atoms with Gasteiger partial charge in [0.15, 0.2) is 0 Å². The van der Waals surface area contributed by atoms with Crippen molar-refractivity contribution in [3.63, 3.8) is 0 Å². The van der Waals surface area contributed by atoms with E-state index in [9.17, 15) is 13.6 Å². The lowest BCUT2D eigenvalue weighted by atomic mass is 10.1. The van der Waals surface area contributed by atoms with Crippen LogP contribution in [0.2, 0.25) is 0 Å². The Morgan fingerprint density at radius 1 is 1.27 bits per heavy atom. The zero-order chi connectivity index (χ0) is 15.7. The molecule has 0 atom stereocenters. The van der Waals surface area contributed by atoms with E-state index in [1.165, 1.54) is 12.1 Å². The van der Waals surface area contributed by atoms with Crippen LogP contribution in [0.4, 0.5) is 8.78 Å². The van der Waals surface area contributed by atoms with E-state index in [1.54, 1.807) is 17.0 Å². The third kappa shape index (κ3) is 3.13. The second kappa shape index (κ2) is 5.83. The van der Waals surface area contributed by atoms with Gasteiger partial charge in [0.05, 0.1) is 0 Å². The summed E-state index contributed by atoms with van der Waals surface area (Å²) in [6, 6.07) is 8.80. The first-order chi connectivity index (χ1) is 10.5. The molecule has 1 amide bonds. The van der Waals surface area contributed by atoms with Crippen molar-refractivity contribution in [1.82, 2.24) is 9.88 Å². The first-order valence-electron chi connectivity index (χ1n) is 7.23. The molecule has 22 heavy (non-hydrogen) atoms. The van der Waals surface area contributed by atoms with Crippen molar-refractivity contribution < 1.29 is 13.6 Å². The molecule has 1 aliphatic rings. The van der Waals surface area contributed by atoms with Crippen LogP contribution in [0, 0.1) is 18.6 Å². The molecule has 1 fully saturated rings. The van der Waals surface area contributed by atoms with Crippen LogP contribution in [0.5, 0.6) is 0 Å². The summed E-state index contributed by atoms with van der Waals surface area (Å²) < 4.78 is 26.8. The Kier molecular flexibility index (Phi) is 3.88. The molecule has 0 unspecified atom stereocenters. The summed E-state index contributed by atoms with van der Waals surface area (Å²) in [6.07, 6.45) is 1.81. The van der Waals surface area contributed by atoms with Crippen molar-refractivity contribution >= 4 is 5.91 Å². The van der Waals surface area contributed by atoms with E-state index in [1.807, 2.05) is 13.0 Å². The molecular formula is C17H16F2N2O. The predicted molar refractivity (Wildman–Crippen MR) is 78.2 cm³/mol. The number of pyridine rings is 1. The molecule has 1 heterocycles. The monoisotopic (exact) mass is 302 g/mol. The minimum absolute atomic E-state index is 0.110. The number of aryl methyl sites for hydroxylation is 1. The molecule has 0 N–H and O–H groups in total. The van der Waals surface area contributed by atoms with Gasteiger partial charge in [-0.05, 0) is 38.0 Å². The number of benzene rings is 1. The number of carbonyl (C=O) groups is 1. The lowest BCUT2D eigenvalue weighted by molar-refractivity contribution is 0.0722. The Morgan fingerprint density at radius 3 is 2.68 bits per heavy atom. The number of nitrogens with zero attached hydrogens (tertiary/aromatic N) is 2. The van der Waals surface area contributed by atoms with Gasteiger partial charge < -0.3 is 4.90 Å². The first kappa shape index (κ1) is 14.6. The maximum absolute atomic E-state index is 13.8. The Balaban J connectivity index is 1.85. The van der Waals surface area contributed by atoms with Crippen molar-refractivity contribution in [2.75, 3.05) is 0 Å². The fourth-order valence-corrected chi connectivity index (χ4v) is 2.40. The van der Waals surface area contributed by atoms with Gasteiger partial charge in [-0.3, -0.25) is 4.79 Å². The van der Waals surface area contributed by atoms with Crippen LogP contribution in [0.15, 0.2) is 36.4 Å². The zero-order valence-corrected chi connectivity index (χ0v) is 12.2.